The second-order valence-corrected chi connectivity index (χ2v) is 9.10. The largest absolute Gasteiger partial charge is 0.496 e. The lowest BCUT2D eigenvalue weighted by Gasteiger charge is -2.17. The van der Waals surface area contributed by atoms with Crippen molar-refractivity contribution in [1.82, 2.24) is 4.31 Å². The average molecular weight is 428 g/mol. The second kappa shape index (κ2) is 9.74. The first kappa shape index (κ1) is 21.8. The van der Waals surface area contributed by atoms with Gasteiger partial charge in [-0.2, -0.15) is 9.57 Å². The van der Waals surface area contributed by atoms with Gasteiger partial charge in [0, 0.05) is 25.2 Å². The third kappa shape index (κ3) is 5.17. The minimum Gasteiger partial charge on any atom is -0.496 e. The summed E-state index contributed by atoms with van der Waals surface area (Å²) in [5.41, 5.74) is 2.22. The number of anilines is 1. The number of hydrogen-bond acceptors (Lipinski definition) is 5. The highest BCUT2D eigenvalue weighted by atomic mass is 32.2. The highest BCUT2D eigenvalue weighted by Crippen LogP contribution is 2.27. The number of amides is 1. The van der Waals surface area contributed by atoms with E-state index >= 15 is 0 Å². The molecule has 1 aliphatic rings. The number of benzene rings is 2. The molecule has 1 fully saturated rings. The maximum Gasteiger partial charge on any atom is 0.243 e. The number of carbonyl (C=O) groups is 1. The van der Waals surface area contributed by atoms with Crippen molar-refractivity contribution < 1.29 is 17.9 Å². The molecule has 1 amide bonds. The fourth-order valence-electron chi connectivity index (χ4n) is 3.46. The Labute approximate surface area is 177 Å². The van der Waals surface area contributed by atoms with E-state index in [2.05, 4.69) is 11.4 Å². The van der Waals surface area contributed by atoms with Crippen molar-refractivity contribution in [3.05, 3.63) is 53.6 Å². The Morgan fingerprint density at radius 2 is 1.87 bits per heavy atom. The van der Waals surface area contributed by atoms with Crippen LogP contribution in [0.25, 0.3) is 0 Å². The first-order valence-electron chi connectivity index (χ1n) is 9.87. The summed E-state index contributed by atoms with van der Waals surface area (Å²) in [7, 11) is -2.00. The molecule has 1 aliphatic heterocycles. The van der Waals surface area contributed by atoms with E-state index in [1.165, 1.54) is 11.4 Å². The third-order valence-electron chi connectivity index (χ3n) is 5.10. The molecule has 0 spiro atoms. The summed E-state index contributed by atoms with van der Waals surface area (Å²) in [6.45, 7) is 1.08. The number of hydrogen-bond donors (Lipinski definition) is 1. The highest BCUT2D eigenvalue weighted by Gasteiger charge is 2.27. The number of nitriles is 1. The molecule has 1 saturated heterocycles. The lowest BCUT2D eigenvalue weighted by molar-refractivity contribution is -0.116. The quantitative estimate of drug-likeness (QED) is 0.698. The summed E-state index contributed by atoms with van der Waals surface area (Å²) in [6.07, 6.45) is 2.61. The molecule has 158 valence electrons. The minimum absolute atomic E-state index is 0.183. The van der Waals surface area contributed by atoms with E-state index in [0.717, 1.165) is 18.4 Å². The molecular formula is C22H25N3O4S. The zero-order chi connectivity index (χ0) is 21.6. The summed E-state index contributed by atoms with van der Waals surface area (Å²) in [6, 6.07) is 14.0. The van der Waals surface area contributed by atoms with Gasteiger partial charge >= 0.3 is 0 Å². The van der Waals surface area contributed by atoms with Gasteiger partial charge in [0.2, 0.25) is 15.9 Å². The van der Waals surface area contributed by atoms with Gasteiger partial charge in [-0.25, -0.2) is 8.42 Å². The molecule has 1 N–H and O–H groups in total. The second-order valence-electron chi connectivity index (χ2n) is 7.16. The van der Waals surface area contributed by atoms with Crippen molar-refractivity contribution in [2.24, 2.45) is 0 Å². The molecule has 0 aromatic heterocycles. The SMILES string of the molecule is COc1ccc(S(=O)(=O)N2CCCC2)cc1CCC(=O)Nc1ccc(CC#N)cc1. The van der Waals surface area contributed by atoms with Gasteiger partial charge < -0.3 is 10.1 Å². The molecule has 3 rings (SSSR count). The maximum atomic E-state index is 12.8. The van der Waals surface area contributed by atoms with E-state index in [9.17, 15) is 13.2 Å². The van der Waals surface area contributed by atoms with Gasteiger partial charge in [-0.3, -0.25) is 4.79 Å². The first-order valence-corrected chi connectivity index (χ1v) is 11.3. The topological polar surface area (TPSA) is 99.5 Å². The molecule has 2 aromatic rings. The van der Waals surface area contributed by atoms with Gasteiger partial charge in [0.1, 0.15) is 5.75 Å². The van der Waals surface area contributed by atoms with Crippen LogP contribution in [0.1, 0.15) is 30.4 Å². The van der Waals surface area contributed by atoms with Crippen LogP contribution < -0.4 is 10.1 Å². The monoisotopic (exact) mass is 427 g/mol. The van der Waals surface area contributed by atoms with Crippen LogP contribution in [-0.2, 0) is 27.7 Å². The highest BCUT2D eigenvalue weighted by molar-refractivity contribution is 7.89. The number of aryl methyl sites for hydroxylation is 1. The Morgan fingerprint density at radius 1 is 1.17 bits per heavy atom. The maximum absolute atomic E-state index is 12.8. The molecule has 2 aromatic carbocycles. The Kier molecular flexibility index (Phi) is 7.08. The number of carbonyl (C=O) groups excluding carboxylic acids is 1. The minimum atomic E-state index is -3.53. The summed E-state index contributed by atoms with van der Waals surface area (Å²) in [5.74, 6) is 0.377. The number of methoxy groups -OCH3 is 1. The first-order chi connectivity index (χ1) is 14.4. The Morgan fingerprint density at radius 3 is 2.50 bits per heavy atom. The van der Waals surface area contributed by atoms with Gasteiger partial charge in [-0.15, -0.1) is 0 Å². The Hall–Kier alpha value is -2.89. The van der Waals surface area contributed by atoms with Crippen LogP contribution >= 0.6 is 0 Å². The van der Waals surface area contributed by atoms with Crippen LogP contribution in [0.5, 0.6) is 5.75 Å². The lowest BCUT2D eigenvalue weighted by Crippen LogP contribution is -2.28. The Bertz CT molecular complexity index is 1040. The van der Waals surface area contributed by atoms with E-state index in [-0.39, 0.29) is 17.2 Å². The molecule has 0 aliphatic carbocycles. The summed E-state index contributed by atoms with van der Waals surface area (Å²) in [5, 5.41) is 11.5. The fraction of sp³-hybridized carbons (Fsp3) is 0.364. The van der Waals surface area contributed by atoms with Crippen molar-refractivity contribution >= 4 is 21.6 Å². The summed E-state index contributed by atoms with van der Waals surface area (Å²) >= 11 is 0. The van der Waals surface area contributed by atoms with Gasteiger partial charge in [0.25, 0.3) is 0 Å². The zero-order valence-corrected chi connectivity index (χ0v) is 17.7. The fourth-order valence-corrected chi connectivity index (χ4v) is 5.03. The van der Waals surface area contributed by atoms with Crippen molar-refractivity contribution in [1.29, 1.82) is 5.26 Å². The van der Waals surface area contributed by atoms with E-state index in [4.69, 9.17) is 10.00 Å². The predicted octanol–water partition coefficient (Wildman–Crippen LogP) is 3.12. The molecular weight excluding hydrogens is 402 g/mol. The van der Waals surface area contributed by atoms with Crippen LogP contribution in [0.15, 0.2) is 47.4 Å². The Balaban J connectivity index is 1.67. The van der Waals surface area contributed by atoms with Crippen molar-refractivity contribution in [3.8, 4) is 11.8 Å². The van der Waals surface area contributed by atoms with E-state index in [1.54, 1.807) is 42.5 Å². The third-order valence-corrected chi connectivity index (χ3v) is 6.99. The number of ether oxygens (including phenoxy) is 1. The number of rotatable bonds is 8. The van der Waals surface area contributed by atoms with Crippen molar-refractivity contribution in [2.75, 3.05) is 25.5 Å². The average Bonchev–Trinajstić information content (AvgIpc) is 3.29. The normalized spacial score (nSPS) is 14.3. The summed E-state index contributed by atoms with van der Waals surface area (Å²) in [4.78, 5) is 12.6. The van der Waals surface area contributed by atoms with E-state index < -0.39 is 10.0 Å². The van der Waals surface area contributed by atoms with Crippen LogP contribution in [0.3, 0.4) is 0 Å². The van der Waals surface area contributed by atoms with Gasteiger partial charge in [0.15, 0.2) is 0 Å². The molecule has 30 heavy (non-hydrogen) atoms. The molecule has 0 bridgehead atoms. The predicted molar refractivity (Wildman–Crippen MR) is 114 cm³/mol. The number of sulfonamides is 1. The number of nitrogens with zero attached hydrogens (tertiary/aromatic N) is 2. The lowest BCUT2D eigenvalue weighted by atomic mass is 10.1. The van der Waals surface area contributed by atoms with Crippen LogP contribution in [0.4, 0.5) is 5.69 Å². The number of nitrogens with one attached hydrogen (secondary N) is 1. The smallest absolute Gasteiger partial charge is 0.243 e. The van der Waals surface area contributed by atoms with Crippen molar-refractivity contribution in [3.63, 3.8) is 0 Å². The van der Waals surface area contributed by atoms with Gasteiger partial charge in [-0.1, -0.05) is 12.1 Å². The van der Waals surface area contributed by atoms with Crippen molar-refractivity contribution in [2.45, 2.75) is 37.0 Å². The zero-order valence-electron chi connectivity index (χ0n) is 16.9. The van der Waals surface area contributed by atoms with Gasteiger partial charge in [0.05, 0.1) is 24.5 Å². The van der Waals surface area contributed by atoms with E-state index in [1.807, 2.05) is 0 Å². The van der Waals surface area contributed by atoms with Crippen LogP contribution in [0.2, 0.25) is 0 Å². The van der Waals surface area contributed by atoms with E-state index in [0.29, 0.717) is 42.9 Å². The molecule has 0 saturated carbocycles. The molecule has 0 radical (unpaired) electrons. The molecule has 1 heterocycles. The summed E-state index contributed by atoms with van der Waals surface area (Å²) < 4.78 is 32.5. The molecule has 0 atom stereocenters. The molecule has 8 heteroatoms. The van der Waals surface area contributed by atoms with Crippen LogP contribution in [0, 0.1) is 11.3 Å². The van der Waals surface area contributed by atoms with Crippen LogP contribution in [-0.4, -0.2) is 38.8 Å². The standard InChI is InChI=1S/C22H25N3O4S/c1-29-21-10-9-20(30(27,28)25-14-2-3-15-25)16-18(21)6-11-22(26)24-19-7-4-17(5-8-19)12-13-23/h4-5,7-10,16H,2-3,6,11-12,14-15H2,1H3,(H,24,26). The van der Waals surface area contributed by atoms with Gasteiger partial charge in [-0.05, 0) is 60.7 Å². The molecule has 7 nitrogen and oxygen atoms in total. The molecule has 0 unspecified atom stereocenters.